The molecule has 0 aliphatic rings. The molecule has 1 nitrogen and oxygen atoms in total. The van der Waals surface area contributed by atoms with Crippen LogP contribution in [0.5, 0.6) is 0 Å². The van der Waals surface area contributed by atoms with Crippen LogP contribution in [-0.4, -0.2) is 7.25 Å². The van der Waals surface area contributed by atoms with Crippen molar-refractivity contribution in [3.05, 3.63) is 30.6 Å². The maximum absolute atomic E-state index is 9.75. The molecule has 0 aromatic carbocycles. The lowest BCUT2D eigenvalue weighted by molar-refractivity contribution is -0.697. The Morgan fingerprint density at radius 1 is 0.455 bits per heavy atom. The molecule has 0 amide bonds. The first kappa shape index (κ1) is 31.9. The number of nitrogens with zero attached hydrogens (tertiary/aromatic N) is 1. The summed E-state index contributed by atoms with van der Waals surface area (Å²) in [4.78, 5) is 0. The van der Waals surface area contributed by atoms with Gasteiger partial charge in [0.25, 0.3) is 0 Å². The minimum atomic E-state index is -6.00. The quantitative estimate of drug-likeness (QED) is 0.0721. The van der Waals surface area contributed by atoms with E-state index in [9.17, 15) is 17.3 Å². The Balaban J connectivity index is 0.00000184. The van der Waals surface area contributed by atoms with E-state index in [-0.39, 0.29) is 0 Å². The zero-order valence-electron chi connectivity index (χ0n) is 21.3. The molecule has 1 heterocycles. The van der Waals surface area contributed by atoms with Crippen molar-refractivity contribution in [2.24, 2.45) is 0 Å². The Bertz CT molecular complexity index is 491. The summed E-state index contributed by atoms with van der Waals surface area (Å²) in [5.41, 5.74) is 0. The van der Waals surface area contributed by atoms with Gasteiger partial charge in [0.2, 0.25) is 0 Å². The molecule has 0 spiro atoms. The molecule has 33 heavy (non-hydrogen) atoms. The van der Waals surface area contributed by atoms with Gasteiger partial charge in [0.15, 0.2) is 12.4 Å². The average Bonchev–Trinajstić information content (AvgIpc) is 2.77. The van der Waals surface area contributed by atoms with E-state index in [1.54, 1.807) is 0 Å². The molecule has 0 bridgehead atoms. The minimum absolute atomic E-state index is 1.18. The summed E-state index contributed by atoms with van der Waals surface area (Å²) < 4.78 is 41.3. The molecule has 0 N–H and O–H groups in total. The summed E-state index contributed by atoms with van der Waals surface area (Å²) in [7, 11) is -6.00. The second kappa shape index (κ2) is 24.1. The lowest BCUT2D eigenvalue weighted by Crippen LogP contribution is -2.32. The van der Waals surface area contributed by atoms with Crippen LogP contribution < -0.4 is 4.57 Å². The monoisotopic (exact) mass is 475 g/mol. The Labute approximate surface area is 201 Å². The number of pyridine rings is 1. The third-order valence-electron chi connectivity index (χ3n) is 6.05. The van der Waals surface area contributed by atoms with E-state index >= 15 is 0 Å². The summed E-state index contributed by atoms with van der Waals surface area (Å²) in [6.07, 6.45) is 33.4. The van der Waals surface area contributed by atoms with Gasteiger partial charge in [0.05, 0.1) is 0 Å². The van der Waals surface area contributed by atoms with Gasteiger partial charge in [-0.1, -0.05) is 129 Å². The van der Waals surface area contributed by atoms with Gasteiger partial charge in [0.1, 0.15) is 6.54 Å². The molecule has 1 aromatic rings. The largest absolute Gasteiger partial charge is 0.673 e. The van der Waals surface area contributed by atoms with Crippen LogP contribution in [0.15, 0.2) is 30.6 Å². The van der Waals surface area contributed by atoms with Gasteiger partial charge in [0, 0.05) is 18.6 Å². The Morgan fingerprint density at radius 2 is 0.727 bits per heavy atom. The highest BCUT2D eigenvalue weighted by Crippen LogP contribution is 2.14. The zero-order valence-corrected chi connectivity index (χ0v) is 21.3. The fraction of sp³-hybridized carbons (Fsp3) is 0.815. The second-order valence-corrected chi connectivity index (χ2v) is 9.33. The highest BCUT2D eigenvalue weighted by Gasteiger charge is 2.20. The molecule has 0 saturated carbocycles. The number of rotatable bonds is 21. The predicted molar refractivity (Wildman–Crippen MR) is 135 cm³/mol. The number of aryl methyl sites for hydroxylation is 1. The van der Waals surface area contributed by atoms with Crippen LogP contribution in [0.1, 0.15) is 135 Å². The molecule has 6 heteroatoms. The van der Waals surface area contributed by atoms with E-state index in [0.29, 0.717) is 0 Å². The van der Waals surface area contributed by atoms with E-state index in [1.807, 2.05) is 0 Å². The number of halogens is 4. The standard InChI is InChI=1S/C27H50N.BF4/c1-2-3-4-5-6-7-8-9-10-11-12-13-14-15-16-17-18-19-20-22-25-28-26-23-21-24-27-28;2-1(3,4)5/h21,23-24,26-27H,2-20,22,25H2,1H3;/q+1;-1. The molecular weight excluding hydrogens is 425 g/mol. The van der Waals surface area contributed by atoms with E-state index < -0.39 is 7.25 Å². The first-order valence-electron chi connectivity index (χ1n) is 13.7. The molecule has 1 aromatic heterocycles. The smallest absolute Gasteiger partial charge is 0.418 e. The van der Waals surface area contributed by atoms with Crippen molar-refractivity contribution >= 4 is 7.25 Å². The SMILES string of the molecule is CCCCCCCCCCCCCCCCCCCCCC[n+]1ccccc1.F[B-](F)(F)F. The van der Waals surface area contributed by atoms with Crippen molar-refractivity contribution in [3.63, 3.8) is 0 Å². The van der Waals surface area contributed by atoms with Gasteiger partial charge < -0.3 is 17.3 Å². The third-order valence-corrected chi connectivity index (χ3v) is 6.05. The van der Waals surface area contributed by atoms with Crippen molar-refractivity contribution in [1.82, 2.24) is 0 Å². The van der Waals surface area contributed by atoms with Crippen LogP contribution in [-0.2, 0) is 6.54 Å². The molecule has 0 saturated heterocycles. The number of hydrogen-bond acceptors (Lipinski definition) is 0. The van der Waals surface area contributed by atoms with Gasteiger partial charge in [-0.25, -0.2) is 4.57 Å². The summed E-state index contributed by atoms with van der Waals surface area (Å²) >= 11 is 0. The molecule has 0 aliphatic heterocycles. The first-order valence-corrected chi connectivity index (χ1v) is 13.7. The zero-order chi connectivity index (χ0) is 24.5. The van der Waals surface area contributed by atoms with Gasteiger partial charge in [-0.15, -0.1) is 0 Å². The fourth-order valence-corrected chi connectivity index (χ4v) is 4.13. The van der Waals surface area contributed by atoms with Crippen LogP contribution in [0.3, 0.4) is 0 Å². The van der Waals surface area contributed by atoms with Crippen molar-refractivity contribution in [2.75, 3.05) is 0 Å². The van der Waals surface area contributed by atoms with Gasteiger partial charge in [-0.2, -0.15) is 0 Å². The summed E-state index contributed by atoms with van der Waals surface area (Å²) in [6.45, 7) is 3.48. The Kier molecular flexibility index (Phi) is 23.3. The van der Waals surface area contributed by atoms with Crippen LogP contribution in [0.4, 0.5) is 17.3 Å². The minimum Gasteiger partial charge on any atom is -0.418 e. The molecule has 0 atom stereocenters. The molecule has 194 valence electrons. The number of hydrogen-bond donors (Lipinski definition) is 0. The van der Waals surface area contributed by atoms with Crippen LogP contribution in [0.2, 0.25) is 0 Å². The normalized spacial score (nSPS) is 11.3. The Hall–Kier alpha value is -1.07. The molecule has 0 unspecified atom stereocenters. The third kappa shape index (κ3) is 30.9. The van der Waals surface area contributed by atoms with E-state index in [4.69, 9.17) is 0 Å². The van der Waals surface area contributed by atoms with Crippen LogP contribution in [0.25, 0.3) is 0 Å². The highest BCUT2D eigenvalue weighted by molar-refractivity contribution is 6.50. The molecular formula is C27H50BF4N. The highest BCUT2D eigenvalue weighted by atomic mass is 19.5. The molecule has 0 radical (unpaired) electrons. The van der Waals surface area contributed by atoms with Crippen molar-refractivity contribution in [1.29, 1.82) is 0 Å². The van der Waals surface area contributed by atoms with E-state index in [1.165, 1.54) is 135 Å². The van der Waals surface area contributed by atoms with Crippen molar-refractivity contribution in [2.45, 2.75) is 142 Å². The van der Waals surface area contributed by atoms with Gasteiger partial charge in [-0.3, -0.25) is 0 Å². The van der Waals surface area contributed by atoms with Gasteiger partial charge >= 0.3 is 7.25 Å². The first-order chi connectivity index (χ1) is 15.9. The van der Waals surface area contributed by atoms with Crippen LogP contribution in [0, 0.1) is 0 Å². The number of aromatic nitrogens is 1. The average molecular weight is 476 g/mol. The van der Waals surface area contributed by atoms with E-state index in [0.717, 1.165) is 0 Å². The lowest BCUT2D eigenvalue weighted by atomic mass is 10.0. The van der Waals surface area contributed by atoms with Crippen molar-refractivity contribution < 1.29 is 21.8 Å². The maximum atomic E-state index is 9.75. The summed E-state index contributed by atoms with van der Waals surface area (Å²) in [5, 5.41) is 0. The summed E-state index contributed by atoms with van der Waals surface area (Å²) in [5.74, 6) is 0. The van der Waals surface area contributed by atoms with Crippen LogP contribution >= 0.6 is 0 Å². The molecule has 0 aliphatic carbocycles. The summed E-state index contributed by atoms with van der Waals surface area (Å²) in [6, 6.07) is 6.33. The van der Waals surface area contributed by atoms with Crippen molar-refractivity contribution in [3.8, 4) is 0 Å². The predicted octanol–water partition coefficient (Wildman–Crippen LogP) is 10.1. The molecule has 1 rings (SSSR count). The Morgan fingerprint density at radius 3 is 1.03 bits per heavy atom. The lowest BCUT2D eigenvalue weighted by Gasteiger charge is -2.04. The van der Waals surface area contributed by atoms with E-state index in [2.05, 4.69) is 42.1 Å². The maximum Gasteiger partial charge on any atom is 0.673 e. The second-order valence-electron chi connectivity index (χ2n) is 9.33. The topological polar surface area (TPSA) is 3.88 Å². The molecule has 0 fully saturated rings. The number of unbranched alkanes of at least 4 members (excludes halogenated alkanes) is 19. The van der Waals surface area contributed by atoms with Gasteiger partial charge in [-0.05, 0) is 6.42 Å². The fourth-order valence-electron chi connectivity index (χ4n) is 4.13.